The largest absolute Gasteiger partial charge is 0.309 e. The Morgan fingerprint density at radius 1 is 1.20 bits per heavy atom. The lowest BCUT2D eigenvalue weighted by atomic mass is 10.2. The van der Waals surface area contributed by atoms with E-state index in [4.69, 9.17) is 0 Å². The number of rotatable bonds is 3. The quantitative estimate of drug-likeness (QED) is 0.655. The summed E-state index contributed by atoms with van der Waals surface area (Å²) in [5, 5.41) is 14.3. The molecular formula is C12H15N3O4S. The van der Waals surface area contributed by atoms with E-state index in [9.17, 15) is 18.5 Å². The normalized spacial score (nSPS) is 26.6. The van der Waals surface area contributed by atoms with E-state index in [2.05, 4.69) is 5.32 Å². The fourth-order valence-electron chi connectivity index (χ4n) is 2.92. The summed E-state index contributed by atoms with van der Waals surface area (Å²) in [5.74, 6) is 0. The number of para-hydroxylation sites is 1. The maximum Gasteiger partial charge on any atom is 0.289 e. The van der Waals surface area contributed by atoms with Gasteiger partial charge in [-0.15, -0.1) is 0 Å². The van der Waals surface area contributed by atoms with Crippen LogP contribution < -0.4 is 5.32 Å². The van der Waals surface area contributed by atoms with Crippen molar-refractivity contribution in [3.05, 3.63) is 34.4 Å². The maximum absolute atomic E-state index is 12.6. The molecule has 20 heavy (non-hydrogen) atoms. The van der Waals surface area contributed by atoms with Gasteiger partial charge in [0.15, 0.2) is 4.90 Å². The number of benzene rings is 1. The van der Waals surface area contributed by atoms with Crippen LogP contribution in [0.3, 0.4) is 0 Å². The summed E-state index contributed by atoms with van der Waals surface area (Å²) in [7, 11) is -3.81. The van der Waals surface area contributed by atoms with E-state index in [1.54, 1.807) is 0 Å². The third-order valence-electron chi connectivity index (χ3n) is 3.86. The molecule has 2 bridgehead atoms. The first kappa shape index (κ1) is 13.5. The molecule has 3 rings (SSSR count). The summed E-state index contributed by atoms with van der Waals surface area (Å²) in [4.78, 5) is 10.1. The van der Waals surface area contributed by atoms with Crippen LogP contribution in [0.1, 0.15) is 12.8 Å². The average molecular weight is 297 g/mol. The lowest BCUT2D eigenvalue weighted by Crippen LogP contribution is -2.52. The molecule has 2 atom stereocenters. The Kier molecular flexibility index (Phi) is 3.23. The summed E-state index contributed by atoms with van der Waals surface area (Å²) in [6, 6.07) is 5.83. The van der Waals surface area contributed by atoms with E-state index in [1.807, 2.05) is 0 Å². The number of nitro benzene ring substituents is 1. The van der Waals surface area contributed by atoms with Gasteiger partial charge in [-0.05, 0) is 18.9 Å². The van der Waals surface area contributed by atoms with E-state index >= 15 is 0 Å². The van der Waals surface area contributed by atoms with Crippen molar-refractivity contribution in [3.8, 4) is 0 Å². The molecular weight excluding hydrogens is 282 g/mol. The van der Waals surface area contributed by atoms with Crippen LogP contribution in [0.15, 0.2) is 29.2 Å². The van der Waals surface area contributed by atoms with Crippen LogP contribution in [0.2, 0.25) is 0 Å². The second-order valence-electron chi connectivity index (χ2n) is 5.18. The number of nitrogens with one attached hydrogen (secondary N) is 1. The first-order valence-electron chi connectivity index (χ1n) is 6.48. The van der Waals surface area contributed by atoms with Crippen molar-refractivity contribution in [3.63, 3.8) is 0 Å². The van der Waals surface area contributed by atoms with Gasteiger partial charge in [-0.2, -0.15) is 4.31 Å². The zero-order valence-electron chi connectivity index (χ0n) is 10.7. The Hall–Kier alpha value is -1.51. The second-order valence-corrected chi connectivity index (χ2v) is 7.09. The molecule has 0 radical (unpaired) electrons. The Labute approximate surface area is 116 Å². The molecule has 0 amide bonds. The second kappa shape index (κ2) is 4.80. The summed E-state index contributed by atoms with van der Waals surface area (Å²) >= 11 is 0. The summed E-state index contributed by atoms with van der Waals surface area (Å²) in [5.41, 5.74) is -0.363. The van der Waals surface area contributed by atoms with Gasteiger partial charge in [-0.1, -0.05) is 12.1 Å². The van der Waals surface area contributed by atoms with Gasteiger partial charge in [0.2, 0.25) is 10.0 Å². The van der Waals surface area contributed by atoms with E-state index in [0.29, 0.717) is 13.1 Å². The summed E-state index contributed by atoms with van der Waals surface area (Å²) < 4.78 is 26.6. The SMILES string of the molecule is O=[N+]([O-])c1ccccc1S(=O)(=O)N1CC2CCC(C1)N2. The van der Waals surface area contributed by atoms with Crippen molar-refractivity contribution in [2.45, 2.75) is 29.8 Å². The first-order valence-corrected chi connectivity index (χ1v) is 7.92. The molecule has 2 heterocycles. The molecule has 0 saturated carbocycles. The van der Waals surface area contributed by atoms with Crippen molar-refractivity contribution in [2.75, 3.05) is 13.1 Å². The smallest absolute Gasteiger partial charge is 0.289 e. The molecule has 2 aliphatic rings. The number of hydrogen-bond acceptors (Lipinski definition) is 5. The molecule has 2 aliphatic heterocycles. The fraction of sp³-hybridized carbons (Fsp3) is 0.500. The molecule has 2 saturated heterocycles. The number of nitro groups is 1. The fourth-order valence-corrected chi connectivity index (χ4v) is 4.61. The Balaban J connectivity index is 1.98. The van der Waals surface area contributed by atoms with Crippen LogP contribution in [-0.4, -0.2) is 42.8 Å². The molecule has 1 N–H and O–H groups in total. The van der Waals surface area contributed by atoms with Gasteiger partial charge in [0.05, 0.1) is 4.92 Å². The first-order chi connectivity index (χ1) is 9.48. The minimum atomic E-state index is -3.81. The van der Waals surface area contributed by atoms with Crippen LogP contribution in [0.5, 0.6) is 0 Å². The van der Waals surface area contributed by atoms with Crippen LogP contribution >= 0.6 is 0 Å². The standard InChI is InChI=1S/C12H15N3O4S/c16-15(17)11-3-1-2-4-12(11)20(18,19)14-7-9-5-6-10(8-14)13-9/h1-4,9-10,13H,5-8H2. The highest BCUT2D eigenvalue weighted by molar-refractivity contribution is 7.89. The number of nitrogens with zero attached hydrogens (tertiary/aromatic N) is 2. The van der Waals surface area contributed by atoms with Crippen molar-refractivity contribution in [1.82, 2.24) is 9.62 Å². The van der Waals surface area contributed by atoms with Crippen LogP contribution in [-0.2, 0) is 10.0 Å². The van der Waals surface area contributed by atoms with Gasteiger partial charge in [0.25, 0.3) is 5.69 Å². The number of sulfonamides is 1. The zero-order chi connectivity index (χ0) is 14.3. The van der Waals surface area contributed by atoms with Gasteiger partial charge >= 0.3 is 0 Å². The third kappa shape index (κ3) is 2.19. The Bertz CT molecular complexity index is 634. The highest BCUT2D eigenvalue weighted by Crippen LogP contribution is 2.30. The van der Waals surface area contributed by atoms with Crippen molar-refractivity contribution in [1.29, 1.82) is 0 Å². The molecule has 7 nitrogen and oxygen atoms in total. The van der Waals surface area contributed by atoms with E-state index in [1.165, 1.54) is 28.6 Å². The molecule has 1 aromatic carbocycles. The minimum absolute atomic E-state index is 0.159. The summed E-state index contributed by atoms with van der Waals surface area (Å²) in [6.45, 7) is 0.760. The topological polar surface area (TPSA) is 92.5 Å². The van der Waals surface area contributed by atoms with Gasteiger partial charge in [0.1, 0.15) is 0 Å². The van der Waals surface area contributed by atoms with Gasteiger partial charge in [-0.25, -0.2) is 8.42 Å². The van der Waals surface area contributed by atoms with Crippen LogP contribution in [0.4, 0.5) is 5.69 Å². The van der Waals surface area contributed by atoms with Crippen molar-refractivity contribution in [2.24, 2.45) is 0 Å². The Morgan fingerprint density at radius 2 is 1.80 bits per heavy atom. The lowest BCUT2D eigenvalue weighted by molar-refractivity contribution is -0.387. The summed E-state index contributed by atoms with van der Waals surface area (Å²) in [6.07, 6.45) is 1.90. The van der Waals surface area contributed by atoms with Gasteiger partial charge in [0, 0.05) is 31.2 Å². The molecule has 2 unspecified atom stereocenters. The molecule has 1 aromatic rings. The number of fused-ring (bicyclic) bond motifs is 2. The molecule has 8 heteroatoms. The monoisotopic (exact) mass is 297 g/mol. The molecule has 0 spiro atoms. The lowest BCUT2D eigenvalue weighted by Gasteiger charge is -2.31. The third-order valence-corrected chi connectivity index (χ3v) is 5.74. The van der Waals surface area contributed by atoms with Crippen molar-refractivity contribution >= 4 is 15.7 Å². The van der Waals surface area contributed by atoms with E-state index in [0.717, 1.165) is 12.8 Å². The predicted octanol–water partition coefficient (Wildman–Crippen LogP) is 0.720. The average Bonchev–Trinajstić information content (AvgIpc) is 2.77. The van der Waals surface area contributed by atoms with Gasteiger partial charge < -0.3 is 5.32 Å². The maximum atomic E-state index is 12.6. The van der Waals surface area contributed by atoms with Gasteiger partial charge in [-0.3, -0.25) is 10.1 Å². The highest BCUT2D eigenvalue weighted by atomic mass is 32.2. The van der Waals surface area contributed by atoms with Crippen LogP contribution in [0.25, 0.3) is 0 Å². The minimum Gasteiger partial charge on any atom is -0.309 e. The predicted molar refractivity (Wildman–Crippen MR) is 71.8 cm³/mol. The van der Waals surface area contributed by atoms with Crippen LogP contribution in [0, 0.1) is 10.1 Å². The molecule has 0 aromatic heterocycles. The molecule has 0 aliphatic carbocycles. The Morgan fingerprint density at radius 3 is 2.40 bits per heavy atom. The number of piperazine rings is 1. The zero-order valence-corrected chi connectivity index (χ0v) is 11.5. The van der Waals surface area contributed by atoms with E-state index < -0.39 is 14.9 Å². The molecule has 108 valence electrons. The van der Waals surface area contributed by atoms with E-state index in [-0.39, 0.29) is 22.7 Å². The van der Waals surface area contributed by atoms with Crippen molar-refractivity contribution < 1.29 is 13.3 Å². The molecule has 2 fully saturated rings. The number of hydrogen-bond donors (Lipinski definition) is 1. The highest BCUT2D eigenvalue weighted by Gasteiger charge is 2.40.